The van der Waals surface area contributed by atoms with E-state index in [0.717, 1.165) is 27.9 Å². The molecule has 1 unspecified atom stereocenters. The molecule has 176 valence electrons. The number of rotatable bonds is 5. The number of nitrogens with one attached hydrogen (secondary N) is 1. The Morgan fingerprint density at radius 1 is 1.03 bits per heavy atom. The fraction of sp³-hybridized carbons (Fsp3) is 0.107. The van der Waals surface area contributed by atoms with E-state index in [0.29, 0.717) is 16.9 Å². The van der Waals surface area contributed by atoms with Gasteiger partial charge in [-0.2, -0.15) is 10.2 Å². The Balaban J connectivity index is 1.74. The van der Waals surface area contributed by atoms with Gasteiger partial charge in [-0.3, -0.25) is 14.3 Å². The standard InChI is InChI=1S/C28H23N7O/c1-17-11-12-20(15-31-17)23-10-6-7-19-13-24(18(2)33-26-21(14-29)16-32-28(30)34-26)35(27(36)25(19)23)22-8-4-3-5-9-22/h3-13,15-16,18H,1-2H3,(H3,30,32,33,34). The van der Waals surface area contributed by atoms with Crippen molar-refractivity contribution in [3.8, 4) is 22.9 Å². The smallest absolute Gasteiger partial charge is 0.263 e. The number of nitrogen functional groups attached to an aromatic ring is 1. The number of aromatic nitrogens is 4. The van der Waals surface area contributed by atoms with Gasteiger partial charge in [0.25, 0.3) is 5.56 Å². The van der Waals surface area contributed by atoms with Crippen LogP contribution in [0.5, 0.6) is 0 Å². The van der Waals surface area contributed by atoms with Crippen molar-refractivity contribution in [1.82, 2.24) is 19.5 Å². The second-order valence-corrected chi connectivity index (χ2v) is 8.47. The van der Waals surface area contributed by atoms with Gasteiger partial charge in [-0.25, -0.2) is 4.98 Å². The van der Waals surface area contributed by atoms with E-state index in [1.807, 2.05) is 80.6 Å². The van der Waals surface area contributed by atoms with Crippen LogP contribution in [0.4, 0.5) is 11.8 Å². The van der Waals surface area contributed by atoms with Gasteiger partial charge in [0.05, 0.1) is 17.6 Å². The Labute approximate surface area is 207 Å². The second-order valence-electron chi connectivity index (χ2n) is 8.47. The van der Waals surface area contributed by atoms with Gasteiger partial charge < -0.3 is 11.1 Å². The van der Waals surface area contributed by atoms with Crippen molar-refractivity contribution in [2.24, 2.45) is 0 Å². The third-order valence-electron chi connectivity index (χ3n) is 6.04. The maximum Gasteiger partial charge on any atom is 0.263 e. The monoisotopic (exact) mass is 473 g/mol. The molecule has 1 atom stereocenters. The molecule has 5 aromatic rings. The maximum absolute atomic E-state index is 14.2. The molecular formula is C28H23N7O. The first-order valence-corrected chi connectivity index (χ1v) is 11.4. The Kier molecular flexibility index (Phi) is 5.88. The van der Waals surface area contributed by atoms with Crippen LogP contribution in [-0.2, 0) is 0 Å². The van der Waals surface area contributed by atoms with Crippen LogP contribution in [0.15, 0.2) is 83.9 Å². The SMILES string of the molecule is Cc1ccc(-c2cccc3cc(C(C)Nc4nc(N)ncc4C#N)n(-c4ccccc4)c(=O)c23)cn1. The number of pyridine rings is 2. The molecule has 0 saturated heterocycles. The van der Waals surface area contributed by atoms with Crippen molar-refractivity contribution in [1.29, 1.82) is 5.26 Å². The number of nitrogens with zero attached hydrogens (tertiary/aromatic N) is 5. The Hall–Kier alpha value is -5.03. The molecular weight excluding hydrogens is 450 g/mol. The van der Waals surface area contributed by atoms with Crippen LogP contribution >= 0.6 is 0 Å². The van der Waals surface area contributed by atoms with Gasteiger partial charge in [-0.15, -0.1) is 0 Å². The molecule has 0 fully saturated rings. The van der Waals surface area contributed by atoms with Gasteiger partial charge in [-0.1, -0.05) is 42.5 Å². The van der Waals surface area contributed by atoms with Crippen molar-refractivity contribution in [2.75, 3.05) is 11.1 Å². The summed E-state index contributed by atoms with van der Waals surface area (Å²) in [6.45, 7) is 3.84. The summed E-state index contributed by atoms with van der Waals surface area (Å²) in [4.78, 5) is 26.7. The molecule has 3 N–H and O–H groups in total. The van der Waals surface area contributed by atoms with Crippen LogP contribution in [0, 0.1) is 18.3 Å². The van der Waals surface area contributed by atoms with Gasteiger partial charge in [0.2, 0.25) is 5.95 Å². The maximum atomic E-state index is 14.2. The summed E-state index contributed by atoms with van der Waals surface area (Å²) < 4.78 is 1.70. The van der Waals surface area contributed by atoms with Gasteiger partial charge >= 0.3 is 0 Å². The van der Waals surface area contributed by atoms with E-state index < -0.39 is 6.04 Å². The minimum Gasteiger partial charge on any atom is -0.368 e. The molecule has 3 heterocycles. The number of para-hydroxylation sites is 1. The second kappa shape index (κ2) is 9.31. The Morgan fingerprint density at radius 3 is 2.56 bits per heavy atom. The van der Waals surface area contributed by atoms with Crippen molar-refractivity contribution >= 4 is 22.5 Å². The number of hydrogen-bond donors (Lipinski definition) is 2. The third-order valence-corrected chi connectivity index (χ3v) is 6.04. The fourth-order valence-electron chi connectivity index (χ4n) is 4.28. The molecule has 36 heavy (non-hydrogen) atoms. The quantitative estimate of drug-likeness (QED) is 0.377. The highest BCUT2D eigenvalue weighted by atomic mass is 16.1. The van der Waals surface area contributed by atoms with Crippen LogP contribution in [0.3, 0.4) is 0 Å². The normalized spacial score (nSPS) is 11.7. The number of nitrogens with two attached hydrogens (primary N) is 1. The first-order chi connectivity index (χ1) is 17.5. The molecule has 2 aromatic carbocycles. The molecule has 3 aromatic heterocycles. The Bertz CT molecular complexity index is 1670. The summed E-state index contributed by atoms with van der Waals surface area (Å²) in [5.41, 5.74) is 9.91. The first-order valence-electron chi connectivity index (χ1n) is 11.4. The molecule has 0 saturated carbocycles. The van der Waals surface area contributed by atoms with Crippen molar-refractivity contribution in [3.05, 3.63) is 106 Å². The number of benzene rings is 2. The molecule has 0 aliphatic carbocycles. The van der Waals surface area contributed by atoms with Crippen molar-refractivity contribution < 1.29 is 0 Å². The number of hydrogen-bond acceptors (Lipinski definition) is 7. The predicted molar refractivity (Wildman–Crippen MR) is 141 cm³/mol. The molecule has 8 heteroatoms. The van der Waals surface area contributed by atoms with E-state index in [1.165, 1.54) is 6.20 Å². The summed E-state index contributed by atoms with van der Waals surface area (Å²) in [6.07, 6.45) is 3.17. The summed E-state index contributed by atoms with van der Waals surface area (Å²) in [7, 11) is 0. The lowest BCUT2D eigenvalue weighted by Gasteiger charge is -2.22. The molecule has 0 aliphatic heterocycles. The molecule has 0 radical (unpaired) electrons. The van der Waals surface area contributed by atoms with Gasteiger partial charge in [0.1, 0.15) is 17.5 Å². The number of nitriles is 1. The van der Waals surface area contributed by atoms with Crippen molar-refractivity contribution in [3.63, 3.8) is 0 Å². The summed E-state index contributed by atoms with van der Waals surface area (Å²) >= 11 is 0. The zero-order valence-corrected chi connectivity index (χ0v) is 19.8. The van der Waals surface area contributed by atoms with Crippen LogP contribution in [0.25, 0.3) is 27.6 Å². The average Bonchev–Trinajstić information content (AvgIpc) is 2.89. The topological polar surface area (TPSA) is 123 Å². The first kappa shape index (κ1) is 22.7. The minimum atomic E-state index is -0.395. The minimum absolute atomic E-state index is 0.0546. The van der Waals surface area contributed by atoms with Gasteiger partial charge in [0.15, 0.2) is 0 Å². The van der Waals surface area contributed by atoms with Crippen LogP contribution < -0.4 is 16.6 Å². The summed E-state index contributed by atoms with van der Waals surface area (Å²) in [5, 5.41) is 14.2. The van der Waals surface area contributed by atoms with Crippen LogP contribution in [0.2, 0.25) is 0 Å². The number of fused-ring (bicyclic) bond motifs is 1. The molecule has 0 amide bonds. The zero-order valence-electron chi connectivity index (χ0n) is 19.8. The van der Waals surface area contributed by atoms with Crippen LogP contribution in [0.1, 0.15) is 29.9 Å². The zero-order chi connectivity index (χ0) is 25.2. The van der Waals surface area contributed by atoms with E-state index in [1.54, 1.807) is 10.8 Å². The molecule has 8 nitrogen and oxygen atoms in total. The van der Waals surface area contributed by atoms with Gasteiger partial charge in [-0.05, 0) is 49.1 Å². The molecule has 0 bridgehead atoms. The fourth-order valence-corrected chi connectivity index (χ4v) is 4.28. The van der Waals surface area contributed by atoms with Crippen molar-refractivity contribution in [2.45, 2.75) is 19.9 Å². The highest BCUT2D eigenvalue weighted by Gasteiger charge is 2.20. The number of aryl methyl sites for hydroxylation is 1. The lowest BCUT2D eigenvalue weighted by Crippen LogP contribution is -2.26. The van der Waals surface area contributed by atoms with E-state index in [9.17, 15) is 10.1 Å². The number of anilines is 2. The lowest BCUT2D eigenvalue weighted by molar-refractivity contribution is 0.772. The third kappa shape index (κ3) is 4.14. The average molecular weight is 474 g/mol. The van der Waals surface area contributed by atoms with E-state index >= 15 is 0 Å². The lowest BCUT2D eigenvalue weighted by atomic mass is 9.98. The molecule has 0 spiro atoms. The molecule has 5 rings (SSSR count). The highest BCUT2D eigenvalue weighted by molar-refractivity contribution is 5.96. The van der Waals surface area contributed by atoms with Crippen LogP contribution in [-0.4, -0.2) is 19.5 Å². The Morgan fingerprint density at radius 2 is 1.83 bits per heavy atom. The predicted octanol–water partition coefficient (Wildman–Crippen LogP) is 4.78. The van der Waals surface area contributed by atoms with Gasteiger partial charge in [0, 0.05) is 28.8 Å². The summed E-state index contributed by atoms with van der Waals surface area (Å²) in [6, 6.07) is 22.9. The molecule has 0 aliphatic rings. The highest BCUT2D eigenvalue weighted by Crippen LogP contribution is 2.30. The van der Waals surface area contributed by atoms with E-state index in [2.05, 4.69) is 26.3 Å². The van der Waals surface area contributed by atoms with E-state index in [-0.39, 0.29) is 17.1 Å². The summed E-state index contributed by atoms with van der Waals surface area (Å²) in [5.74, 6) is 0.364. The largest absolute Gasteiger partial charge is 0.368 e. The van der Waals surface area contributed by atoms with E-state index in [4.69, 9.17) is 5.73 Å².